The molecule has 21 heavy (non-hydrogen) atoms. The summed E-state index contributed by atoms with van der Waals surface area (Å²) < 4.78 is 0. The molecule has 5 N–H and O–H groups in total. The van der Waals surface area contributed by atoms with Gasteiger partial charge >= 0.3 is 0 Å². The highest BCUT2D eigenvalue weighted by molar-refractivity contribution is 5.76. The van der Waals surface area contributed by atoms with Gasteiger partial charge in [-0.2, -0.15) is 0 Å². The van der Waals surface area contributed by atoms with Crippen molar-refractivity contribution in [2.24, 2.45) is 11.8 Å². The molecule has 1 rings (SSSR count). The summed E-state index contributed by atoms with van der Waals surface area (Å²) in [7, 11) is 0. The molecule has 118 valence electrons. The molecule has 0 aliphatic heterocycles. The lowest BCUT2D eigenvalue weighted by molar-refractivity contribution is -0.120. The zero-order valence-corrected chi connectivity index (χ0v) is 13.2. The maximum atomic E-state index is 11.7. The zero-order valence-electron chi connectivity index (χ0n) is 13.2. The minimum atomic E-state index is 0.0357. The fourth-order valence-electron chi connectivity index (χ4n) is 1.90. The molecule has 0 radical (unpaired) electrons. The zero-order chi connectivity index (χ0) is 15.8. The quantitative estimate of drug-likeness (QED) is 0.427. The van der Waals surface area contributed by atoms with Gasteiger partial charge < -0.3 is 16.1 Å². The van der Waals surface area contributed by atoms with Gasteiger partial charge in [-0.15, -0.1) is 0 Å². The summed E-state index contributed by atoms with van der Waals surface area (Å²) in [5, 5.41) is 6.06. The van der Waals surface area contributed by atoms with Gasteiger partial charge in [0, 0.05) is 25.1 Å². The van der Waals surface area contributed by atoms with Crippen molar-refractivity contribution in [2.45, 2.75) is 40.0 Å². The highest BCUT2D eigenvalue weighted by Gasteiger charge is 2.14. The van der Waals surface area contributed by atoms with E-state index in [1.54, 1.807) is 0 Å². The first kappa shape index (κ1) is 17.2. The van der Waals surface area contributed by atoms with E-state index in [1.165, 1.54) is 6.33 Å². The number of amides is 1. The predicted octanol–water partition coefficient (Wildman–Crippen LogP) is 1.46. The monoisotopic (exact) mass is 294 g/mol. The summed E-state index contributed by atoms with van der Waals surface area (Å²) in [6.45, 7) is 9.43. The number of carbonyl (C=O) groups is 1. The van der Waals surface area contributed by atoms with Crippen molar-refractivity contribution in [3.05, 3.63) is 11.9 Å². The molecule has 0 aliphatic rings. The Kier molecular flexibility index (Phi) is 6.87. The van der Waals surface area contributed by atoms with Gasteiger partial charge in [-0.25, -0.2) is 15.8 Å². The standard InChI is InChI=1S/C14H26N6O/c1-9(2)7-17-11(21)5-6-16-13-12(10(3)4)14(20-15)19-8-18-13/h8-10H,5-7,15H2,1-4H3,(H,17,21)(H2,16,18,19,20). The predicted molar refractivity (Wildman–Crippen MR) is 84.9 cm³/mol. The second-order valence-electron chi connectivity index (χ2n) is 5.66. The number of nitrogen functional groups attached to an aromatic ring is 1. The number of anilines is 2. The van der Waals surface area contributed by atoms with Crippen LogP contribution in [0.4, 0.5) is 11.6 Å². The van der Waals surface area contributed by atoms with Crippen molar-refractivity contribution in [2.75, 3.05) is 23.8 Å². The molecule has 0 saturated carbocycles. The van der Waals surface area contributed by atoms with Crippen molar-refractivity contribution in [3.63, 3.8) is 0 Å². The molecule has 0 aliphatic carbocycles. The maximum absolute atomic E-state index is 11.7. The van der Waals surface area contributed by atoms with Crippen molar-refractivity contribution < 1.29 is 4.79 Å². The summed E-state index contributed by atoms with van der Waals surface area (Å²) in [6.07, 6.45) is 1.85. The fourth-order valence-corrected chi connectivity index (χ4v) is 1.90. The van der Waals surface area contributed by atoms with E-state index in [1.807, 2.05) is 13.8 Å². The van der Waals surface area contributed by atoms with E-state index in [0.717, 1.165) is 5.56 Å². The smallest absolute Gasteiger partial charge is 0.221 e. The first-order chi connectivity index (χ1) is 9.95. The van der Waals surface area contributed by atoms with Gasteiger partial charge in [0.1, 0.15) is 18.0 Å². The minimum absolute atomic E-state index is 0.0357. The number of hydrazine groups is 1. The third-order valence-electron chi connectivity index (χ3n) is 2.95. The van der Waals surface area contributed by atoms with Gasteiger partial charge in [0.2, 0.25) is 5.91 Å². The molecular weight excluding hydrogens is 268 g/mol. The Morgan fingerprint density at radius 2 is 1.90 bits per heavy atom. The van der Waals surface area contributed by atoms with Gasteiger partial charge in [-0.1, -0.05) is 27.7 Å². The van der Waals surface area contributed by atoms with Crippen LogP contribution in [-0.2, 0) is 4.79 Å². The molecular formula is C14H26N6O. The first-order valence-corrected chi connectivity index (χ1v) is 7.27. The van der Waals surface area contributed by atoms with Crippen LogP contribution < -0.4 is 21.9 Å². The molecule has 7 heteroatoms. The van der Waals surface area contributed by atoms with E-state index in [0.29, 0.717) is 37.1 Å². The average molecular weight is 294 g/mol. The number of aromatic nitrogens is 2. The lowest BCUT2D eigenvalue weighted by atomic mass is 10.0. The van der Waals surface area contributed by atoms with Crippen LogP contribution in [0.2, 0.25) is 0 Å². The van der Waals surface area contributed by atoms with Crippen molar-refractivity contribution in [1.29, 1.82) is 0 Å². The molecule has 1 aromatic heterocycles. The van der Waals surface area contributed by atoms with Crippen LogP contribution in [0, 0.1) is 5.92 Å². The normalized spacial score (nSPS) is 10.8. The van der Waals surface area contributed by atoms with E-state index in [2.05, 4.69) is 39.9 Å². The maximum Gasteiger partial charge on any atom is 0.221 e. The lowest BCUT2D eigenvalue weighted by Crippen LogP contribution is -2.29. The minimum Gasteiger partial charge on any atom is -0.369 e. The molecule has 1 aromatic rings. The Morgan fingerprint density at radius 3 is 2.48 bits per heavy atom. The summed E-state index contributed by atoms with van der Waals surface area (Å²) in [5.41, 5.74) is 3.50. The van der Waals surface area contributed by atoms with Gasteiger partial charge in [-0.05, 0) is 11.8 Å². The van der Waals surface area contributed by atoms with E-state index in [4.69, 9.17) is 5.84 Å². The van der Waals surface area contributed by atoms with Crippen LogP contribution >= 0.6 is 0 Å². The third kappa shape index (κ3) is 5.55. The Morgan fingerprint density at radius 1 is 1.24 bits per heavy atom. The molecule has 0 aromatic carbocycles. The van der Waals surface area contributed by atoms with Crippen molar-refractivity contribution in [1.82, 2.24) is 15.3 Å². The Balaban J connectivity index is 2.57. The SMILES string of the molecule is CC(C)CNC(=O)CCNc1ncnc(NN)c1C(C)C. The van der Waals surface area contributed by atoms with E-state index >= 15 is 0 Å². The summed E-state index contributed by atoms with van der Waals surface area (Å²) in [4.78, 5) is 20.0. The third-order valence-corrected chi connectivity index (χ3v) is 2.95. The van der Waals surface area contributed by atoms with Crippen molar-refractivity contribution >= 4 is 17.5 Å². The summed E-state index contributed by atoms with van der Waals surface area (Å²) in [5.74, 6) is 7.49. The molecule has 1 amide bonds. The molecule has 1 heterocycles. The van der Waals surface area contributed by atoms with Crippen molar-refractivity contribution in [3.8, 4) is 0 Å². The summed E-state index contributed by atoms with van der Waals surface area (Å²) in [6, 6.07) is 0. The van der Waals surface area contributed by atoms with Gasteiger partial charge in [0.05, 0.1) is 0 Å². The number of nitrogens with zero attached hydrogens (tertiary/aromatic N) is 2. The molecule has 0 bridgehead atoms. The topological polar surface area (TPSA) is 105 Å². The lowest BCUT2D eigenvalue weighted by Gasteiger charge is -2.16. The van der Waals surface area contributed by atoms with Crippen LogP contribution in [0.3, 0.4) is 0 Å². The largest absolute Gasteiger partial charge is 0.369 e. The molecule has 7 nitrogen and oxygen atoms in total. The highest BCUT2D eigenvalue weighted by atomic mass is 16.1. The van der Waals surface area contributed by atoms with Crippen LogP contribution in [0.25, 0.3) is 0 Å². The van der Waals surface area contributed by atoms with Crippen LogP contribution in [-0.4, -0.2) is 29.0 Å². The number of nitrogens with two attached hydrogens (primary N) is 1. The number of hydrogen-bond acceptors (Lipinski definition) is 6. The Labute approximate surface area is 126 Å². The molecule has 0 unspecified atom stereocenters. The molecule has 0 spiro atoms. The molecule has 0 saturated heterocycles. The van der Waals surface area contributed by atoms with Gasteiger partial charge in [0.15, 0.2) is 0 Å². The van der Waals surface area contributed by atoms with Gasteiger partial charge in [0.25, 0.3) is 0 Å². The number of nitrogens with one attached hydrogen (secondary N) is 3. The second kappa shape index (κ2) is 8.41. The van der Waals surface area contributed by atoms with Crippen LogP contribution in [0.15, 0.2) is 6.33 Å². The number of hydrogen-bond donors (Lipinski definition) is 4. The average Bonchev–Trinajstić information content (AvgIpc) is 2.44. The second-order valence-corrected chi connectivity index (χ2v) is 5.66. The Hall–Kier alpha value is -1.89. The van der Waals surface area contributed by atoms with Crippen LogP contribution in [0.5, 0.6) is 0 Å². The molecule has 0 atom stereocenters. The first-order valence-electron chi connectivity index (χ1n) is 7.27. The van der Waals surface area contributed by atoms with E-state index < -0.39 is 0 Å². The van der Waals surface area contributed by atoms with E-state index in [9.17, 15) is 4.79 Å². The molecule has 0 fully saturated rings. The number of carbonyl (C=O) groups excluding carboxylic acids is 1. The van der Waals surface area contributed by atoms with Crippen LogP contribution in [0.1, 0.15) is 45.6 Å². The number of rotatable bonds is 8. The fraction of sp³-hybridized carbons (Fsp3) is 0.643. The Bertz CT molecular complexity index is 461. The van der Waals surface area contributed by atoms with Gasteiger partial charge in [-0.3, -0.25) is 4.79 Å². The van der Waals surface area contributed by atoms with E-state index in [-0.39, 0.29) is 11.8 Å². The highest BCUT2D eigenvalue weighted by Crippen LogP contribution is 2.27. The summed E-state index contributed by atoms with van der Waals surface area (Å²) >= 11 is 0.